The van der Waals surface area contributed by atoms with Crippen LogP contribution in [0.15, 0.2) is 45.9 Å². The fraction of sp³-hybridized carbons (Fsp3) is 0.200. The van der Waals surface area contributed by atoms with Gasteiger partial charge in [-0.3, -0.25) is 9.52 Å². The molecule has 126 valence electrons. The van der Waals surface area contributed by atoms with Crippen LogP contribution in [0.3, 0.4) is 0 Å². The van der Waals surface area contributed by atoms with Gasteiger partial charge in [0.15, 0.2) is 0 Å². The molecule has 0 saturated carbocycles. The Bertz CT molecular complexity index is 905. The molecule has 0 spiro atoms. The van der Waals surface area contributed by atoms with E-state index < -0.39 is 10.0 Å². The average Bonchev–Trinajstić information content (AvgIpc) is 2.96. The summed E-state index contributed by atoms with van der Waals surface area (Å²) >= 11 is 9.11. The maximum atomic E-state index is 12.7. The highest BCUT2D eigenvalue weighted by atomic mass is 79.9. The van der Waals surface area contributed by atoms with Crippen LogP contribution in [0.25, 0.3) is 0 Å². The van der Waals surface area contributed by atoms with Crippen LogP contribution in [0.2, 0.25) is 5.15 Å². The van der Waals surface area contributed by atoms with Crippen molar-refractivity contribution in [1.82, 2.24) is 4.98 Å². The maximum Gasteiger partial charge on any atom is 0.265 e. The molecule has 1 amide bonds. The molecule has 0 radical (unpaired) electrons. The van der Waals surface area contributed by atoms with Gasteiger partial charge in [0.1, 0.15) is 10.0 Å². The summed E-state index contributed by atoms with van der Waals surface area (Å²) in [7, 11) is -3.95. The fourth-order valence-electron chi connectivity index (χ4n) is 2.49. The Kier molecular flexibility index (Phi) is 4.80. The first-order valence-corrected chi connectivity index (χ1v) is 9.77. The molecule has 1 fully saturated rings. The van der Waals surface area contributed by atoms with Crippen molar-refractivity contribution in [3.63, 3.8) is 0 Å². The minimum Gasteiger partial charge on any atom is -0.310 e. The maximum absolute atomic E-state index is 12.7. The molecule has 1 aliphatic heterocycles. The van der Waals surface area contributed by atoms with Crippen LogP contribution in [0, 0.1) is 0 Å². The van der Waals surface area contributed by atoms with Crippen molar-refractivity contribution >= 4 is 54.8 Å². The number of benzene rings is 1. The van der Waals surface area contributed by atoms with Crippen LogP contribution in [-0.4, -0.2) is 25.9 Å². The van der Waals surface area contributed by atoms with E-state index in [0.717, 1.165) is 6.42 Å². The number of nitrogens with zero attached hydrogens (tertiary/aromatic N) is 2. The number of hydrogen-bond donors (Lipinski definition) is 1. The molecule has 2 heterocycles. The van der Waals surface area contributed by atoms with E-state index >= 15 is 0 Å². The van der Waals surface area contributed by atoms with Crippen molar-refractivity contribution in [2.45, 2.75) is 17.7 Å². The van der Waals surface area contributed by atoms with Crippen LogP contribution in [0.5, 0.6) is 0 Å². The summed E-state index contributed by atoms with van der Waals surface area (Å²) in [5.41, 5.74) is 0.853. The lowest BCUT2D eigenvalue weighted by molar-refractivity contribution is -0.117. The third-order valence-corrected chi connectivity index (χ3v) is 5.80. The van der Waals surface area contributed by atoms with E-state index in [2.05, 4.69) is 25.6 Å². The molecule has 0 bridgehead atoms. The Morgan fingerprint density at radius 2 is 2.04 bits per heavy atom. The molecular formula is C15H13BrClN3O3S. The summed E-state index contributed by atoms with van der Waals surface area (Å²) in [5.74, 6) is -0.0243. The van der Waals surface area contributed by atoms with E-state index in [1.54, 1.807) is 29.2 Å². The Labute approximate surface area is 153 Å². The van der Waals surface area contributed by atoms with E-state index in [0.29, 0.717) is 28.8 Å². The second-order valence-electron chi connectivity index (χ2n) is 5.21. The van der Waals surface area contributed by atoms with E-state index in [1.807, 2.05) is 0 Å². The minimum absolute atomic E-state index is 0.0243. The van der Waals surface area contributed by atoms with E-state index in [4.69, 9.17) is 11.6 Å². The fourth-order valence-corrected chi connectivity index (χ4v) is 4.51. The van der Waals surface area contributed by atoms with Gasteiger partial charge in [0.2, 0.25) is 5.91 Å². The first kappa shape index (κ1) is 17.2. The Morgan fingerprint density at radius 1 is 1.29 bits per heavy atom. The first-order valence-electron chi connectivity index (χ1n) is 7.12. The first-order chi connectivity index (χ1) is 11.4. The number of nitrogens with one attached hydrogen (secondary N) is 1. The van der Waals surface area contributed by atoms with Gasteiger partial charge in [-0.25, -0.2) is 13.4 Å². The van der Waals surface area contributed by atoms with Gasteiger partial charge < -0.3 is 4.90 Å². The van der Waals surface area contributed by atoms with Crippen LogP contribution in [0.1, 0.15) is 12.8 Å². The largest absolute Gasteiger partial charge is 0.310 e. The lowest BCUT2D eigenvalue weighted by Crippen LogP contribution is -2.25. The predicted octanol–water partition coefficient (Wildman–Crippen LogP) is 3.43. The average molecular weight is 431 g/mol. The summed E-state index contributed by atoms with van der Waals surface area (Å²) in [4.78, 5) is 17.3. The summed E-state index contributed by atoms with van der Waals surface area (Å²) in [5, 5.41) is -0.125. The lowest BCUT2D eigenvalue weighted by atomic mass is 10.2. The number of sulfonamides is 1. The minimum atomic E-state index is -3.95. The molecule has 1 N–H and O–H groups in total. The molecule has 1 aliphatic rings. The van der Waals surface area contributed by atoms with Crippen LogP contribution in [-0.2, 0) is 14.8 Å². The Balaban J connectivity index is 1.99. The lowest BCUT2D eigenvalue weighted by Gasteiger charge is -2.20. The molecule has 0 unspecified atom stereocenters. The number of para-hydroxylation sites is 2. The SMILES string of the molecule is O=C1CCCN1c1ccccc1NS(=O)(=O)c1cc(Br)cnc1Cl. The highest BCUT2D eigenvalue weighted by Crippen LogP contribution is 2.32. The highest BCUT2D eigenvalue weighted by molar-refractivity contribution is 9.10. The summed E-state index contributed by atoms with van der Waals surface area (Å²) in [6.45, 7) is 0.566. The van der Waals surface area contributed by atoms with Gasteiger partial charge in [-0.2, -0.15) is 0 Å². The summed E-state index contributed by atoms with van der Waals surface area (Å²) in [6.07, 6.45) is 2.63. The zero-order valence-corrected chi connectivity index (χ0v) is 15.5. The molecule has 0 atom stereocenters. The molecule has 6 nitrogen and oxygen atoms in total. The molecule has 2 aromatic rings. The van der Waals surface area contributed by atoms with Gasteiger partial charge in [-0.05, 0) is 40.5 Å². The number of carbonyl (C=O) groups is 1. The van der Waals surface area contributed by atoms with Crippen molar-refractivity contribution in [3.05, 3.63) is 46.2 Å². The highest BCUT2D eigenvalue weighted by Gasteiger charge is 2.26. The zero-order chi connectivity index (χ0) is 17.3. The summed E-state index contributed by atoms with van der Waals surface area (Å²) in [6, 6.07) is 8.15. The molecule has 9 heteroatoms. The van der Waals surface area contributed by atoms with Crippen molar-refractivity contribution in [3.8, 4) is 0 Å². The number of amides is 1. The standard InChI is InChI=1S/C15H13BrClN3O3S/c16-10-8-13(15(17)18-9-10)24(22,23)19-11-4-1-2-5-12(11)20-7-3-6-14(20)21/h1-2,4-5,8-9,19H,3,6-7H2. The number of rotatable bonds is 4. The van der Waals surface area contributed by atoms with E-state index in [9.17, 15) is 13.2 Å². The van der Waals surface area contributed by atoms with Crippen LogP contribution in [0.4, 0.5) is 11.4 Å². The van der Waals surface area contributed by atoms with Crippen LogP contribution >= 0.6 is 27.5 Å². The molecule has 1 aromatic heterocycles. The van der Waals surface area contributed by atoms with Crippen LogP contribution < -0.4 is 9.62 Å². The zero-order valence-electron chi connectivity index (χ0n) is 12.4. The molecule has 1 saturated heterocycles. The number of aromatic nitrogens is 1. The Hall–Kier alpha value is -1.64. The van der Waals surface area contributed by atoms with E-state index in [-0.39, 0.29) is 16.0 Å². The van der Waals surface area contributed by atoms with Crippen molar-refractivity contribution in [1.29, 1.82) is 0 Å². The molecule has 0 aliphatic carbocycles. The number of anilines is 2. The van der Waals surface area contributed by atoms with Gasteiger partial charge in [-0.15, -0.1) is 0 Å². The van der Waals surface area contributed by atoms with Gasteiger partial charge in [0.25, 0.3) is 10.0 Å². The number of pyridine rings is 1. The Morgan fingerprint density at radius 3 is 2.75 bits per heavy atom. The third kappa shape index (κ3) is 3.40. The molecule has 3 rings (SSSR count). The quantitative estimate of drug-likeness (QED) is 0.754. The second kappa shape index (κ2) is 6.70. The van der Waals surface area contributed by atoms with Crippen molar-refractivity contribution in [2.75, 3.05) is 16.2 Å². The third-order valence-electron chi connectivity index (χ3n) is 3.58. The second-order valence-corrected chi connectivity index (χ2v) is 8.14. The topological polar surface area (TPSA) is 79.4 Å². The van der Waals surface area contributed by atoms with Gasteiger partial charge in [0.05, 0.1) is 11.4 Å². The summed E-state index contributed by atoms with van der Waals surface area (Å²) < 4.78 is 28.3. The normalized spacial score (nSPS) is 14.9. The molecular weight excluding hydrogens is 418 g/mol. The molecule has 1 aromatic carbocycles. The monoisotopic (exact) mass is 429 g/mol. The van der Waals surface area contributed by atoms with Gasteiger partial charge in [0, 0.05) is 23.6 Å². The number of carbonyl (C=O) groups excluding carboxylic acids is 1. The van der Waals surface area contributed by atoms with Crippen molar-refractivity contribution in [2.24, 2.45) is 0 Å². The predicted molar refractivity (Wildman–Crippen MR) is 95.8 cm³/mol. The molecule has 24 heavy (non-hydrogen) atoms. The number of hydrogen-bond acceptors (Lipinski definition) is 4. The van der Waals surface area contributed by atoms with Crippen molar-refractivity contribution < 1.29 is 13.2 Å². The van der Waals surface area contributed by atoms with Gasteiger partial charge >= 0.3 is 0 Å². The van der Waals surface area contributed by atoms with Gasteiger partial charge in [-0.1, -0.05) is 23.7 Å². The number of halogens is 2. The smallest absolute Gasteiger partial charge is 0.265 e. The van der Waals surface area contributed by atoms with E-state index in [1.165, 1.54) is 12.3 Å².